The zero-order valence-corrected chi connectivity index (χ0v) is 18.5. The van der Waals surface area contributed by atoms with Gasteiger partial charge >= 0.3 is 0 Å². The molecule has 1 aromatic heterocycles. The second-order valence-electron chi connectivity index (χ2n) is 5.79. The number of amides is 1. The lowest BCUT2D eigenvalue weighted by Crippen LogP contribution is -2.34. The Bertz CT molecular complexity index is 963. The van der Waals surface area contributed by atoms with Crippen molar-refractivity contribution in [2.24, 2.45) is 0 Å². The highest BCUT2D eigenvalue weighted by atomic mass is 127. The van der Waals surface area contributed by atoms with Gasteiger partial charge in [0.05, 0.1) is 5.02 Å². The van der Waals surface area contributed by atoms with E-state index in [1.807, 2.05) is 31.2 Å². The van der Waals surface area contributed by atoms with Crippen molar-refractivity contribution < 1.29 is 14.1 Å². The summed E-state index contributed by atoms with van der Waals surface area (Å²) in [5.74, 6) is 1.12. The van der Waals surface area contributed by atoms with E-state index in [4.69, 9.17) is 32.5 Å². The van der Waals surface area contributed by atoms with E-state index < -0.39 is 0 Å². The maximum absolute atomic E-state index is 12.5. The van der Waals surface area contributed by atoms with E-state index in [1.54, 1.807) is 23.1 Å². The van der Waals surface area contributed by atoms with Gasteiger partial charge in [-0.15, -0.1) is 0 Å². The van der Waals surface area contributed by atoms with Crippen molar-refractivity contribution in [3.8, 4) is 17.1 Å². The van der Waals surface area contributed by atoms with Gasteiger partial charge in [0.25, 0.3) is 5.91 Å². The molecule has 3 aromatic rings. The summed E-state index contributed by atoms with van der Waals surface area (Å²) in [5.41, 5.74) is 0.609. The van der Waals surface area contributed by atoms with Crippen molar-refractivity contribution in [3.05, 3.63) is 62.0 Å². The molecule has 0 unspecified atom stereocenters. The topological polar surface area (TPSA) is 68.5 Å². The first kappa shape index (κ1) is 20.9. The molecule has 0 aliphatic carbocycles. The van der Waals surface area contributed by atoms with Crippen molar-refractivity contribution in [2.45, 2.75) is 13.5 Å². The SMILES string of the molecule is CCN(Cc1nc(-c2ccc(Cl)cc2Cl)no1)C(=O)COc1ccc(I)cc1. The molecule has 2 aromatic carbocycles. The molecule has 0 bridgehead atoms. The predicted molar refractivity (Wildman–Crippen MR) is 115 cm³/mol. The molecule has 0 saturated heterocycles. The number of hydrogen-bond acceptors (Lipinski definition) is 5. The molecule has 1 amide bonds. The molecule has 0 aliphatic heterocycles. The van der Waals surface area contributed by atoms with Gasteiger partial charge in [0.15, 0.2) is 6.61 Å². The minimum absolute atomic E-state index is 0.0710. The molecule has 0 radical (unpaired) electrons. The first-order valence-corrected chi connectivity index (χ1v) is 10.2. The van der Waals surface area contributed by atoms with Crippen molar-refractivity contribution in [1.82, 2.24) is 15.0 Å². The van der Waals surface area contributed by atoms with Crippen molar-refractivity contribution >= 4 is 51.7 Å². The second-order valence-corrected chi connectivity index (χ2v) is 7.88. The minimum Gasteiger partial charge on any atom is -0.484 e. The van der Waals surface area contributed by atoms with E-state index >= 15 is 0 Å². The standard InChI is InChI=1S/C19H16Cl2IN3O3/c1-2-25(18(26)11-27-14-6-4-13(22)5-7-14)10-17-23-19(24-28-17)15-8-3-12(20)9-16(15)21/h3-9H,2,10-11H2,1H3. The number of benzene rings is 2. The third-order valence-corrected chi connectivity index (χ3v) is 5.14. The Morgan fingerprint density at radius 3 is 2.64 bits per heavy atom. The number of rotatable bonds is 7. The lowest BCUT2D eigenvalue weighted by atomic mass is 10.2. The molecule has 0 atom stereocenters. The number of carbonyl (C=O) groups is 1. The summed E-state index contributed by atoms with van der Waals surface area (Å²) in [7, 11) is 0. The van der Waals surface area contributed by atoms with Gasteiger partial charge in [-0.2, -0.15) is 4.98 Å². The molecule has 3 rings (SSSR count). The number of carbonyl (C=O) groups excluding carboxylic acids is 1. The van der Waals surface area contributed by atoms with Gasteiger partial charge in [-0.1, -0.05) is 28.4 Å². The number of halogens is 3. The van der Waals surface area contributed by atoms with E-state index in [9.17, 15) is 4.79 Å². The molecule has 9 heteroatoms. The van der Waals surface area contributed by atoms with Gasteiger partial charge in [-0.05, 0) is 72.0 Å². The van der Waals surface area contributed by atoms with E-state index in [0.29, 0.717) is 39.6 Å². The molecular formula is C19H16Cl2IN3O3. The Morgan fingerprint density at radius 2 is 1.96 bits per heavy atom. The highest BCUT2D eigenvalue weighted by Crippen LogP contribution is 2.28. The summed E-state index contributed by atoms with van der Waals surface area (Å²) in [6.07, 6.45) is 0. The van der Waals surface area contributed by atoms with Gasteiger partial charge in [0.2, 0.25) is 11.7 Å². The predicted octanol–water partition coefficient (Wildman–Crippen LogP) is 5.08. The van der Waals surface area contributed by atoms with Crippen LogP contribution in [0.2, 0.25) is 10.0 Å². The third kappa shape index (κ3) is 5.36. The van der Waals surface area contributed by atoms with Crippen molar-refractivity contribution in [2.75, 3.05) is 13.2 Å². The van der Waals surface area contributed by atoms with E-state index in [-0.39, 0.29) is 19.1 Å². The average molecular weight is 532 g/mol. The highest BCUT2D eigenvalue weighted by Gasteiger charge is 2.18. The Kier molecular flexibility index (Phi) is 7.14. The number of aromatic nitrogens is 2. The molecule has 0 fully saturated rings. The van der Waals surface area contributed by atoms with Crippen molar-refractivity contribution in [1.29, 1.82) is 0 Å². The number of likely N-dealkylation sites (N-methyl/N-ethyl adjacent to an activating group) is 1. The molecule has 146 valence electrons. The lowest BCUT2D eigenvalue weighted by Gasteiger charge is -2.18. The van der Waals surface area contributed by atoms with Crippen LogP contribution >= 0.6 is 45.8 Å². The zero-order valence-electron chi connectivity index (χ0n) is 14.9. The Balaban J connectivity index is 1.63. The minimum atomic E-state index is -0.176. The molecule has 0 spiro atoms. The monoisotopic (exact) mass is 531 g/mol. The Hall–Kier alpha value is -1.84. The number of ether oxygens (including phenoxy) is 1. The summed E-state index contributed by atoms with van der Waals surface area (Å²) >= 11 is 14.3. The Labute approximate surface area is 185 Å². The fraction of sp³-hybridized carbons (Fsp3) is 0.211. The summed E-state index contributed by atoms with van der Waals surface area (Å²) < 4.78 is 11.9. The first-order chi connectivity index (χ1) is 13.5. The van der Waals surface area contributed by atoms with Gasteiger partial charge in [0.1, 0.15) is 12.3 Å². The molecule has 0 N–H and O–H groups in total. The largest absolute Gasteiger partial charge is 0.484 e. The quantitative estimate of drug-likeness (QED) is 0.398. The summed E-state index contributed by atoms with van der Waals surface area (Å²) in [4.78, 5) is 18.4. The molecule has 6 nitrogen and oxygen atoms in total. The first-order valence-electron chi connectivity index (χ1n) is 8.40. The van der Waals surface area contributed by atoms with Crippen LogP contribution in [0, 0.1) is 3.57 Å². The maximum Gasteiger partial charge on any atom is 0.260 e. The molecule has 1 heterocycles. The molecule has 28 heavy (non-hydrogen) atoms. The number of nitrogens with zero attached hydrogens (tertiary/aromatic N) is 3. The van der Waals surface area contributed by atoms with Crippen molar-refractivity contribution in [3.63, 3.8) is 0 Å². The van der Waals surface area contributed by atoms with Crippen LogP contribution in [0.1, 0.15) is 12.8 Å². The van der Waals surface area contributed by atoms with E-state index in [0.717, 1.165) is 3.57 Å². The zero-order chi connectivity index (χ0) is 20.1. The van der Waals surface area contributed by atoms with Crippen LogP contribution in [-0.2, 0) is 11.3 Å². The van der Waals surface area contributed by atoms with Crippen LogP contribution in [0.5, 0.6) is 5.75 Å². The summed E-state index contributed by atoms with van der Waals surface area (Å²) in [5, 5.41) is 4.89. The molecule has 0 saturated carbocycles. The van der Waals surface area contributed by atoms with Crippen LogP contribution in [0.25, 0.3) is 11.4 Å². The molecular weight excluding hydrogens is 516 g/mol. The van der Waals surface area contributed by atoms with Crippen LogP contribution in [0.15, 0.2) is 47.0 Å². The fourth-order valence-electron chi connectivity index (χ4n) is 2.41. The third-order valence-electron chi connectivity index (χ3n) is 3.88. The maximum atomic E-state index is 12.5. The fourth-order valence-corrected chi connectivity index (χ4v) is 3.26. The summed E-state index contributed by atoms with van der Waals surface area (Å²) in [6.45, 7) is 2.46. The van der Waals surface area contributed by atoms with E-state index in [2.05, 4.69) is 32.7 Å². The van der Waals surface area contributed by atoms with Gasteiger partial charge in [-0.25, -0.2) is 0 Å². The van der Waals surface area contributed by atoms with Crippen LogP contribution in [0.3, 0.4) is 0 Å². The van der Waals surface area contributed by atoms with Gasteiger partial charge in [0, 0.05) is 20.7 Å². The highest BCUT2D eigenvalue weighted by molar-refractivity contribution is 14.1. The number of hydrogen-bond donors (Lipinski definition) is 0. The lowest BCUT2D eigenvalue weighted by molar-refractivity contribution is -0.134. The van der Waals surface area contributed by atoms with Crippen LogP contribution in [0.4, 0.5) is 0 Å². The average Bonchev–Trinajstić information content (AvgIpc) is 3.13. The molecule has 0 aliphatic rings. The van der Waals surface area contributed by atoms with E-state index in [1.165, 1.54) is 0 Å². The van der Waals surface area contributed by atoms with Gasteiger partial charge < -0.3 is 14.2 Å². The normalized spacial score (nSPS) is 10.7. The summed E-state index contributed by atoms with van der Waals surface area (Å²) in [6, 6.07) is 12.5. The smallest absolute Gasteiger partial charge is 0.260 e. The Morgan fingerprint density at radius 1 is 1.21 bits per heavy atom. The second kappa shape index (κ2) is 9.58. The van der Waals surface area contributed by atoms with Crippen LogP contribution < -0.4 is 4.74 Å². The van der Waals surface area contributed by atoms with Gasteiger partial charge in [-0.3, -0.25) is 4.79 Å². The van der Waals surface area contributed by atoms with Crippen LogP contribution in [-0.4, -0.2) is 34.1 Å².